The number of imidazole rings is 1. The van der Waals surface area contributed by atoms with E-state index in [0.29, 0.717) is 5.92 Å². The van der Waals surface area contributed by atoms with Crippen LogP contribution >= 0.6 is 23.2 Å². The van der Waals surface area contributed by atoms with Crippen molar-refractivity contribution < 1.29 is 21.5 Å². The number of hydrogen-bond acceptors (Lipinski definition) is 0. The van der Waals surface area contributed by atoms with Gasteiger partial charge in [0.25, 0.3) is 5.82 Å². The summed E-state index contributed by atoms with van der Waals surface area (Å²) in [5.41, 5.74) is 1.01. The van der Waals surface area contributed by atoms with Gasteiger partial charge in [-0.15, -0.1) is 0 Å². The quantitative estimate of drug-likeness (QED) is 0.684. The standard InChI is InChI=1S/C16H19Cl2N2.BrH/c1-2-8-19-9-10-20(16(19)12-6-7-12)11-13-14(17)4-3-5-15(13)18;/h3-5,9-10,12H,2,6-8,11H2,1H3;1H/q+1;/p-1. The van der Waals surface area contributed by atoms with Crippen LogP contribution in [0.4, 0.5) is 0 Å². The highest BCUT2D eigenvalue weighted by molar-refractivity contribution is 6.35. The van der Waals surface area contributed by atoms with Crippen LogP contribution in [-0.2, 0) is 13.1 Å². The minimum Gasteiger partial charge on any atom is -1.00 e. The van der Waals surface area contributed by atoms with Crippen molar-refractivity contribution in [3.63, 3.8) is 0 Å². The van der Waals surface area contributed by atoms with Gasteiger partial charge in [-0.2, -0.15) is 0 Å². The highest BCUT2D eigenvalue weighted by Gasteiger charge is 2.35. The van der Waals surface area contributed by atoms with Crippen LogP contribution in [0.5, 0.6) is 0 Å². The third kappa shape index (κ3) is 3.64. The molecule has 0 saturated heterocycles. The van der Waals surface area contributed by atoms with E-state index in [4.69, 9.17) is 23.2 Å². The Balaban J connectivity index is 0.00000161. The summed E-state index contributed by atoms with van der Waals surface area (Å²) in [4.78, 5) is 0. The molecule has 1 aromatic heterocycles. The van der Waals surface area contributed by atoms with Crippen LogP contribution in [0.2, 0.25) is 10.0 Å². The van der Waals surface area contributed by atoms with Crippen molar-refractivity contribution in [3.05, 3.63) is 52.0 Å². The Labute approximate surface area is 146 Å². The molecule has 0 N–H and O–H groups in total. The van der Waals surface area contributed by atoms with E-state index in [1.807, 2.05) is 18.2 Å². The Morgan fingerprint density at radius 3 is 2.48 bits per heavy atom. The molecule has 2 aromatic rings. The lowest BCUT2D eigenvalue weighted by Gasteiger charge is -2.07. The predicted molar refractivity (Wildman–Crippen MR) is 82.5 cm³/mol. The first kappa shape index (κ1) is 16.9. The average Bonchev–Trinajstić information content (AvgIpc) is 3.18. The van der Waals surface area contributed by atoms with E-state index in [9.17, 15) is 0 Å². The molecule has 2 nitrogen and oxygen atoms in total. The first-order valence-corrected chi connectivity index (χ1v) is 7.97. The van der Waals surface area contributed by atoms with Crippen molar-refractivity contribution in [3.8, 4) is 0 Å². The number of rotatable bonds is 5. The second kappa shape index (κ2) is 7.17. The molecule has 0 bridgehead atoms. The zero-order valence-electron chi connectivity index (χ0n) is 12.0. The van der Waals surface area contributed by atoms with Crippen LogP contribution in [0.25, 0.3) is 0 Å². The normalized spacial score (nSPS) is 14.0. The van der Waals surface area contributed by atoms with Gasteiger partial charge in [-0.3, -0.25) is 0 Å². The molecule has 1 aliphatic rings. The molecular formula is C16H19BrCl2N2. The van der Waals surface area contributed by atoms with Crippen LogP contribution in [0, 0.1) is 0 Å². The van der Waals surface area contributed by atoms with Gasteiger partial charge in [0.05, 0.1) is 12.5 Å². The van der Waals surface area contributed by atoms with Crippen LogP contribution in [-0.4, -0.2) is 4.57 Å². The smallest absolute Gasteiger partial charge is 0.259 e. The average molecular weight is 390 g/mol. The van der Waals surface area contributed by atoms with Crippen molar-refractivity contribution in [2.45, 2.75) is 45.2 Å². The number of nitrogens with zero attached hydrogens (tertiary/aromatic N) is 2. The van der Waals surface area contributed by atoms with Gasteiger partial charge in [-0.25, -0.2) is 9.13 Å². The van der Waals surface area contributed by atoms with Crippen molar-refractivity contribution in [2.24, 2.45) is 0 Å². The second-order valence-electron chi connectivity index (χ2n) is 5.45. The molecule has 1 aromatic carbocycles. The summed E-state index contributed by atoms with van der Waals surface area (Å²) in [5.74, 6) is 2.13. The molecule has 114 valence electrons. The zero-order valence-corrected chi connectivity index (χ0v) is 15.1. The third-order valence-corrected chi connectivity index (χ3v) is 4.52. The largest absolute Gasteiger partial charge is 1.00 e. The fraction of sp³-hybridized carbons (Fsp3) is 0.438. The van der Waals surface area contributed by atoms with E-state index in [-0.39, 0.29) is 17.0 Å². The second-order valence-corrected chi connectivity index (χ2v) is 6.27. The van der Waals surface area contributed by atoms with E-state index in [1.165, 1.54) is 18.7 Å². The summed E-state index contributed by atoms with van der Waals surface area (Å²) in [6.07, 6.45) is 8.08. The van der Waals surface area contributed by atoms with Gasteiger partial charge in [-0.05, 0) is 31.4 Å². The molecule has 0 radical (unpaired) electrons. The van der Waals surface area contributed by atoms with Gasteiger partial charge in [0.2, 0.25) is 0 Å². The fourth-order valence-electron chi connectivity index (χ4n) is 2.71. The maximum Gasteiger partial charge on any atom is 0.259 e. The Hall–Kier alpha value is -0.510. The van der Waals surface area contributed by atoms with Crippen LogP contribution in [0.3, 0.4) is 0 Å². The van der Waals surface area contributed by atoms with E-state index in [0.717, 1.165) is 35.1 Å². The van der Waals surface area contributed by atoms with Crippen molar-refractivity contribution in [1.29, 1.82) is 0 Å². The third-order valence-electron chi connectivity index (χ3n) is 3.81. The number of hydrogen-bond donors (Lipinski definition) is 0. The highest BCUT2D eigenvalue weighted by atomic mass is 79.9. The van der Waals surface area contributed by atoms with Gasteiger partial charge >= 0.3 is 0 Å². The fourth-order valence-corrected chi connectivity index (χ4v) is 3.22. The molecule has 0 unspecified atom stereocenters. The highest BCUT2D eigenvalue weighted by Crippen LogP contribution is 2.38. The first-order valence-electron chi connectivity index (χ1n) is 7.22. The summed E-state index contributed by atoms with van der Waals surface area (Å²) in [6, 6.07) is 5.70. The summed E-state index contributed by atoms with van der Waals surface area (Å²) in [5, 5.41) is 1.49. The van der Waals surface area contributed by atoms with Gasteiger partial charge < -0.3 is 17.0 Å². The molecule has 1 fully saturated rings. The van der Waals surface area contributed by atoms with Crippen molar-refractivity contribution in [2.75, 3.05) is 0 Å². The zero-order chi connectivity index (χ0) is 14.1. The lowest BCUT2D eigenvalue weighted by Crippen LogP contribution is -3.00. The molecule has 0 amide bonds. The maximum atomic E-state index is 6.29. The number of halogens is 3. The van der Waals surface area contributed by atoms with Gasteiger partial charge in [-0.1, -0.05) is 36.2 Å². The molecule has 1 aliphatic carbocycles. The Bertz CT molecular complexity index is 600. The topological polar surface area (TPSA) is 8.81 Å². The molecule has 5 heteroatoms. The number of aryl methyl sites for hydroxylation is 1. The van der Waals surface area contributed by atoms with Crippen molar-refractivity contribution in [1.82, 2.24) is 4.57 Å². The van der Waals surface area contributed by atoms with Crippen LogP contribution in [0.15, 0.2) is 30.6 Å². The van der Waals surface area contributed by atoms with E-state index in [2.05, 4.69) is 28.5 Å². The Morgan fingerprint density at radius 2 is 1.90 bits per heavy atom. The Morgan fingerprint density at radius 1 is 1.24 bits per heavy atom. The summed E-state index contributed by atoms with van der Waals surface area (Å²) in [6.45, 7) is 4.04. The minimum absolute atomic E-state index is 0. The number of benzene rings is 1. The van der Waals surface area contributed by atoms with E-state index >= 15 is 0 Å². The molecule has 0 atom stereocenters. The van der Waals surface area contributed by atoms with Gasteiger partial charge in [0.15, 0.2) is 0 Å². The van der Waals surface area contributed by atoms with E-state index in [1.54, 1.807) is 0 Å². The van der Waals surface area contributed by atoms with Gasteiger partial charge in [0.1, 0.15) is 18.9 Å². The number of aromatic nitrogens is 2. The van der Waals surface area contributed by atoms with Gasteiger partial charge in [0, 0.05) is 15.6 Å². The lowest BCUT2D eigenvalue weighted by molar-refractivity contribution is -0.695. The summed E-state index contributed by atoms with van der Waals surface area (Å²) < 4.78 is 4.68. The van der Waals surface area contributed by atoms with E-state index < -0.39 is 0 Å². The Kier molecular flexibility index (Phi) is 5.75. The molecule has 21 heavy (non-hydrogen) atoms. The summed E-state index contributed by atoms with van der Waals surface area (Å²) in [7, 11) is 0. The monoisotopic (exact) mass is 388 g/mol. The van der Waals surface area contributed by atoms with Crippen LogP contribution < -0.4 is 21.5 Å². The predicted octanol–water partition coefficient (Wildman–Crippen LogP) is 1.42. The molecule has 3 rings (SSSR count). The molecule has 1 heterocycles. The lowest BCUT2D eigenvalue weighted by atomic mass is 10.2. The summed E-state index contributed by atoms with van der Waals surface area (Å²) >= 11 is 12.6. The first-order chi connectivity index (χ1) is 9.70. The molecule has 0 spiro atoms. The van der Waals surface area contributed by atoms with Crippen molar-refractivity contribution >= 4 is 23.2 Å². The van der Waals surface area contributed by atoms with Crippen LogP contribution in [0.1, 0.15) is 43.5 Å². The molecule has 1 saturated carbocycles. The molecular weight excluding hydrogens is 371 g/mol. The maximum absolute atomic E-state index is 6.29. The SMILES string of the molecule is CCCn1cc[n+](Cc2c(Cl)cccc2Cl)c1C1CC1.[Br-]. The minimum atomic E-state index is 0. The molecule has 0 aliphatic heterocycles.